The third-order valence-corrected chi connectivity index (χ3v) is 2.45. The van der Waals surface area contributed by atoms with E-state index in [9.17, 15) is 9.59 Å². The molecular formula is C10H11IN2O2. The quantitative estimate of drug-likeness (QED) is 0.654. The highest BCUT2D eigenvalue weighted by Gasteiger charge is 2.04. The highest BCUT2D eigenvalue weighted by molar-refractivity contribution is 14.1. The van der Waals surface area contributed by atoms with Gasteiger partial charge in [0.1, 0.15) is 0 Å². The summed E-state index contributed by atoms with van der Waals surface area (Å²) in [4.78, 5) is 22.4. The van der Waals surface area contributed by atoms with E-state index in [1.807, 2.05) is 22.6 Å². The van der Waals surface area contributed by atoms with E-state index >= 15 is 0 Å². The average Bonchev–Trinajstić information content (AvgIpc) is 2.28. The van der Waals surface area contributed by atoms with E-state index in [2.05, 4.69) is 10.6 Å². The first kappa shape index (κ1) is 12.0. The molecule has 2 amide bonds. The molecule has 1 aromatic rings. The number of amides is 2. The van der Waals surface area contributed by atoms with E-state index in [1.54, 1.807) is 31.3 Å². The average molecular weight is 318 g/mol. The highest BCUT2D eigenvalue weighted by atomic mass is 127. The number of benzene rings is 1. The van der Waals surface area contributed by atoms with Crippen LogP contribution in [0.25, 0.3) is 0 Å². The Balaban J connectivity index is 2.83. The van der Waals surface area contributed by atoms with Crippen LogP contribution in [0.5, 0.6) is 0 Å². The Morgan fingerprint density at radius 2 is 2.13 bits per heavy atom. The van der Waals surface area contributed by atoms with Crippen LogP contribution < -0.4 is 10.6 Å². The molecule has 0 atom stereocenters. The van der Waals surface area contributed by atoms with Crippen LogP contribution in [0.4, 0.5) is 5.69 Å². The third kappa shape index (κ3) is 3.50. The molecule has 0 aliphatic carbocycles. The number of alkyl halides is 1. The minimum absolute atomic E-state index is 0.0790. The first-order valence-corrected chi connectivity index (χ1v) is 5.88. The molecule has 0 saturated heterocycles. The fourth-order valence-electron chi connectivity index (χ4n) is 1.08. The van der Waals surface area contributed by atoms with E-state index < -0.39 is 0 Å². The lowest BCUT2D eigenvalue weighted by atomic mass is 10.2. The van der Waals surface area contributed by atoms with Crippen molar-refractivity contribution in [1.29, 1.82) is 0 Å². The van der Waals surface area contributed by atoms with Crippen molar-refractivity contribution in [2.24, 2.45) is 0 Å². The highest BCUT2D eigenvalue weighted by Crippen LogP contribution is 2.10. The summed E-state index contributed by atoms with van der Waals surface area (Å²) in [7, 11) is 1.57. The van der Waals surface area contributed by atoms with Gasteiger partial charge in [0.2, 0.25) is 5.91 Å². The SMILES string of the molecule is CNC(=O)c1cccc(NC(=O)CI)c1. The third-order valence-electron chi connectivity index (χ3n) is 1.76. The molecule has 0 fully saturated rings. The van der Waals surface area contributed by atoms with E-state index in [1.165, 1.54) is 0 Å². The first-order valence-electron chi connectivity index (χ1n) is 4.35. The molecule has 0 radical (unpaired) electrons. The van der Waals surface area contributed by atoms with Gasteiger partial charge in [-0.2, -0.15) is 0 Å². The van der Waals surface area contributed by atoms with Crippen LogP contribution in [0.2, 0.25) is 0 Å². The van der Waals surface area contributed by atoms with Gasteiger partial charge in [-0.05, 0) is 18.2 Å². The number of carbonyl (C=O) groups is 2. The lowest BCUT2D eigenvalue weighted by Crippen LogP contribution is -2.18. The second-order valence-electron chi connectivity index (χ2n) is 2.84. The maximum Gasteiger partial charge on any atom is 0.251 e. The van der Waals surface area contributed by atoms with Gasteiger partial charge in [0, 0.05) is 18.3 Å². The fourth-order valence-corrected chi connectivity index (χ4v) is 1.27. The van der Waals surface area contributed by atoms with Gasteiger partial charge < -0.3 is 10.6 Å². The van der Waals surface area contributed by atoms with E-state index in [0.29, 0.717) is 15.7 Å². The van der Waals surface area contributed by atoms with Crippen LogP contribution in [-0.4, -0.2) is 23.3 Å². The van der Waals surface area contributed by atoms with Crippen LogP contribution in [0.3, 0.4) is 0 Å². The summed E-state index contributed by atoms with van der Waals surface area (Å²) >= 11 is 1.98. The summed E-state index contributed by atoms with van der Waals surface area (Å²) in [5.74, 6) is -0.245. The maximum atomic E-state index is 11.3. The van der Waals surface area contributed by atoms with Gasteiger partial charge >= 0.3 is 0 Å². The van der Waals surface area contributed by atoms with Gasteiger partial charge in [-0.1, -0.05) is 28.7 Å². The zero-order chi connectivity index (χ0) is 11.3. The molecule has 4 nitrogen and oxygen atoms in total. The summed E-state index contributed by atoms with van der Waals surface area (Å²) in [6.07, 6.45) is 0. The molecule has 15 heavy (non-hydrogen) atoms. The molecule has 80 valence electrons. The number of carbonyl (C=O) groups excluding carboxylic acids is 2. The number of halogens is 1. The Labute approximate surface area is 102 Å². The maximum absolute atomic E-state index is 11.3. The Bertz CT molecular complexity index is 379. The minimum atomic E-state index is -0.166. The largest absolute Gasteiger partial charge is 0.355 e. The summed E-state index contributed by atoms with van der Waals surface area (Å²) < 4.78 is 0.391. The number of nitrogens with one attached hydrogen (secondary N) is 2. The lowest BCUT2D eigenvalue weighted by Gasteiger charge is -2.05. The Morgan fingerprint density at radius 1 is 1.40 bits per heavy atom. The van der Waals surface area contributed by atoms with Crippen LogP contribution in [0.15, 0.2) is 24.3 Å². The second kappa shape index (κ2) is 5.69. The van der Waals surface area contributed by atoms with Crippen LogP contribution in [-0.2, 0) is 4.79 Å². The molecule has 0 saturated carbocycles. The number of hydrogen-bond donors (Lipinski definition) is 2. The topological polar surface area (TPSA) is 58.2 Å². The Morgan fingerprint density at radius 3 is 2.73 bits per heavy atom. The standard InChI is InChI=1S/C10H11IN2O2/c1-12-10(15)7-3-2-4-8(5-7)13-9(14)6-11/h2-5H,6H2,1H3,(H,12,15)(H,13,14). The van der Waals surface area contributed by atoms with Gasteiger partial charge in [-0.25, -0.2) is 0 Å². The van der Waals surface area contributed by atoms with Crippen molar-refractivity contribution in [3.05, 3.63) is 29.8 Å². The predicted molar refractivity (Wildman–Crippen MR) is 67.3 cm³/mol. The van der Waals surface area contributed by atoms with E-state index in [0.717, 1.165) is 0 Å². The predicted octanol–water partition coefficient (Wildman–Crippen LogP) is 1.42. The van der Waals surface area contributed by atoms with Crippen LogP contribution in [0.1, 0.15) is 10.4 Å². The van der Waals surface area contributed by atoms with Crippen LogP contribution in [0, 0.1) is 0 Å². The van der Waals surface area contributed by atoms with Crippen molar-refractivity contribution in [3.8, 4) is 0 Å². The smallest absolute Gasteiger partial charge is 0.251 e. The van der Waals surface area contributed by atoms with Crippen molar-refractivity contribution < 1.29 is 9.59 Å². The van der Waals surface area contributed by atoms with Crippen molar-refractivity contribution in [1.82, 2.24) is 5.32 Å². The molecule has 0 aliphatic rings. The minimum Gasteiger partial charge on any atom is -0.355 e. The molecule has 0 bridgehead atoms. The molecule has 2 N–H and O–H groups in total. The number of anilines is 1. The number of hydrogen-bond acceptors (Lipinski definition) is 2. The molecule has 1 aromatic carbocycles. The summed E-state index contributed by atoms with van der Waals surface area (Å²) in [5.41, 5.74) is 1.17. The fraction of sp³-hybridized carbons (Fsp3) is 0.200. The molecule has 0 aromatic heterocycles. The first-order chi connectivity index (χ1) is 7.17. The summed E-state index contributed by atoms with van der Waals surface area (Å²) in [5, 5.41) is 5.21. The molecule has 0 heterocycles. The van der Waals surface area contributed by atoms with Crippen LogP contribution >= 0.6 is 22.6 Å². The second-order valence-corrected chi connectivity index (χ2v) is 3.60. The molecule has 0 aliphatic heterocycles. The zero-order valence-corrected chi connectivity index (χ0v) is 10.4. The zero-order valence-electron chi connectivity index (χ0n) is 8.21. The van der Waals surface area contributed by atoms with Crippen molar-refractivity contribution in [3.63, 3.8) is 0 Å². The summed E-state index contributed by atoms with van der Waals surface area (Å²) in [6, 6.07) is 6.81. The van der Waals surface area contributed by atoms with E-state index in [4.69, 9.17) is 0 Å². The normalized spacial score (nSPS) is 9.47. The molecular weight excluding hydrogens is 307 g/mol. The molecule has 5 heteroatoms. The van der Waals surface area contributed by atoms with Gasteiger partial charge in [0.15, 0.2) is 0 Å². The molecule has 0 unspecified atom stereocenters. The van der Waals surface area contributed by atoms with Gasteiger partial charge in [0.25, 0.3) is 5.91 Å². The Hall–Kier alpha value is -1.11. The van der Waals surface area contributed by atoms with Gasteiger partial charge in [-0.3, -0.25) is 9.59 Å². The van der Waals surface area contributed by atoms with Crippen molar-refractivity contribution in [2.45, 2.75) is 0 Å². The summed E-state index contributed by atoms with van der Waals surface area (Å²) in [6.45, 7) is 0. The van der Waals surface area contributed by atoms with Crippen molar-refractivity contribution in [2.75, 3.05) is 16.8 Å². The molecule has 0 spiro atoms. The van der Waals surface area contributed by atoms with Gasteiger partial charge in [-0.15, -0.1) is 0 Å². The van der Waals surface area contributed by atoms with Gasteiger partial charge in [0.05, 0.1) is 4.43 Å². The lowest BCUT2D eigenvalue weighted by molar-refractivity contribution is -0.113. The van der Waals surface area contributed by atoms with E-state index in [-0.39, 0.29) is 11.8 Å². The number of rotatable bonds is 3. The Kier molecular flexibility index (Phi) is 4.54. The monoisotopic (exact) mass is 318 g/mol. The van der Waals surface area contributed by atoms with Crippen molar-refractivity contribution >= 4 is 40.1 Å². The molecule has 1 rings (SSSR count).